The molecule has 30 heavy (non-hydrogen) atoms. The second kappa shape index (κ2) is 8.10. The number of halogens is 2. The van der Waals surface area contributed by atoms with Crippen LogP contribution in [0, 0.1) is 5.82 Å². The Bertz CT molecular complexity index is 1140. The van der Waals surface area contributed by atoms with Crippen LogP contribution in [0.2, 0.25) is 0 Å². The van der Waals surface area contributed by atoms with Crippen molar-refractivity contribution in [3.8, 4) is 0 Å². The number of H-pyrrole nitrogens is 1. The summed E-state index contributed by atoms with van der Waals surface area (Å²) in [5.74, 6) is -1.12. The molecule has 0 fully saturated rings. The number of carbonyl (C=O) groups excluding carboxylic acids is 2. The number of hydrogen-bond donors (Lipinski definition) is 2. The summed E-state index contributed by atoms with van der Waals surface area (Å²) in [5, 5.41) is 3.58. The van der Waals surface area contributed by atoms with Crippen molar-refractivity contribution in [3.05, 3.63) is 57.9 Å². The molecule has 1 aliphatic heterocycles. The first-order chi connectivity index (χ1) is 14.4. The van der Waals surface area contributed by atoms with E-state index in [1.807, 2.05) is 30.0 Å². The molecule has 1 atom stereocenters. The maximum atomic E-state index is 13.6. The van der Waals surface area contributed by atoms with Crippen molar-refractivity contribution in [2.45, 2.75) is 25.8 Å². The third-order valence-corrected chi connectivity index (χ3v) is 5.94. The van der Waals surface area contributed by atoms with Crippen molar-refractivity contribution in [3.63, 3.8) is 0 Å². The molecule has 8 heteroatoms. The van der Waals surface area contributed by atoms with Gasteiger partial charge in [0, 0.05) is 27.1 Å². The van der Waals surface area contributed by atoms with Crippen molar-refractivity contribution < 1.29 is 18.7 Å². The van der Waals surface area contributed by atoms with Crippen LogP contribution in [0.3, 0.4) is 0 Å². The SMILES string of the molecule is COC(=O)c1[nH]c2ccc(Br)cc2c1NC(=O)CN1c2ccc(F)cc2CC[C@@H]1C. The molecule has 0 bridgehead atoms. The number of nitrogens with zero attached hydrogens (tertiary/aromatic N) is 1. The Kier molecular flexibility index (Phi) is 5.51. The number of nitrogens with one attached hydrogen (secondary N) is 2. The number of methoxy groups -OCH3 is 1. The third kappa shape index (κ3) is 3.79. The Balaban J connectivity index is 1.64. The van der Waals surface area contributed by atoms with Gasteiger partial charge in [-0.3, -0.25) is 4.79 Å². The lowest BCUT2D eigenvalue weighted by Gasteiger charge is -2.36. The van der Waals surface area contributed by atoms with E-state index < -0.39 is 5.97 Å². The molecule has 1 aliphatic rings. The summed E-state index contributed by atoms with van der Waals surface area (Å²) in [5.41, 5.74) is 3.04. The third-order valence-electron chi connectivity index (χ3n) is 5.44. The van der Waals surface area contributed by atoms with Crippen LogP contribution in [0.25, 0.3) is 10.9 Å². The molecule has 2 aromatic carbocycles. The highest BCUT2D eigenvalue weighted by molar-refractivity contribution is 9.10. The molecule has 0 saturated heterocycles. The van der Waals surface area contributed by atoms with Crippen LogP contribution in [0.4, 0.5) is 15.8 Å². The number of esters is 1. The van der Waals surface area contributed by atoms with Gasteiger partial charge in [0.05, 0.1) is 19.3 Å². The zero-order valence-electron chi connectivity index (χ0n) is 16.6. The minimum absolute atomic E-state index is 0.0844. The van der Waals surface area contributed by atoms with Gasteiger partial charge in [-0.2, -0.15) is 0 Å². The van der Waals surface area contributed by atoms with E-state index in [2.05, 4.69) is 26.2 Å². The second-order valence-electron chi connectivity index (χ2n) is 7.39. The van der Waals surface area contributed by atoms with Crippen molar-refractivity contribution in [2.24, 2.45) is 0 Å². The molecule has 1 aromatic heterocycles. The Morgan fingerprint density at radius 2 is 2.10 bits per heavy atom. The van der Waals surface area contributed by atoms with E-state index in [1.165, 1.54) is 19.2 Å². The predicted molar refractivity (Wildman–Crippen MR) is 117 cm³/mol. The van der Waals surface area contributed by atoms with Gasteiger partial charge in [0.15, 0.2) is 0 Å². The van der Waals surface area contributed by atoms with Gasteiger partial charge < -0.3 is 19.9 Å². The van der Waals surface area contributed by atoms with Gasteiger partial charge >= 0.3 is 5.97 Å². The van der Waals surface area contributed by atoms with Crippen molar-refractivity contribution in [1.82, 2.24) is 4.98 Å². The quantitative estimate of drug-likeness (QED) is 0.541. The van der Waals surface area contributed by atoms with E-state index in [0.29, 0.717) is 16.6 Å². The van der Waals surface area contributed by atoms with E-state index in [9.17, 15) is 14.0 Å². The smallest absolute Gasteiger partial charge is 0.356 e. The summed E-state index contributed by atoms with van der Waals surface area (Å²) in [6.45, 7) is 2.13. The number of aryl methyl sites for hydroxylation is 1. The van der Waals surface area contributed by atoms with Gasteiger partial charge in [-0.15, -0.1) is 0 Å². The summed E-state index contributed by atoms with van der Waals surface area (Å²) in [4.78, 5) is 30.2. The molecule has 0 unspecified atom stereocenters. The van der Waals surface area contributed by atoms with E-state index in [0.717, 1.165) is 28.6 Å². The number of aromatic nitrogens is 1. The molecule has 0 radical (unpaired) electrons. The van der Waals surface area contributed by atoms with E-state index in [1.54, 1.807) is 6.07 Å². The lowest BCUT2D eigenvalue weighted by Crippen LogP contribution is -2.42. The maximum Gasteiger partial charge on any atom is 0.356 e. The van der Waals surface area contributed by atoms with Crippen LogP contribution in [0.5, 0.6) is 0 Å². The molecular weight excluding hydrogens is 453 g/mol. The molecule has 3 aromatic rings. The molecule has 156 valence electrons. The zero-order valence-corrected chi connectivity index (χ0v) is 18.2. The Labute approximate surface area is 181 Å². The number of amides is 1. The van der Waals surface area contributed by atoms with Gasteiger partial charge in [-0.05, 0) is 61.7 Å². The van der Waals surface area contributed by atoms with Crippen LogP contribution < -0.4 is 10.2 Å². The summed E-state index contributed by atoms with van der Waals surface area (Å²) in [6.07, 6.45) is 1.60. The van der Waals surface area contributed by atoms with Gasteiger partial charge in [-0.1, -0.05) is 15.9 Å². The zero-order chi connectivity index (χ0) is 21.4. The van der Waals surface area contributed by atoms with E-state index in [-0.39, 0.29) is 30.0 Å². The number of fused-ring (bicyclic) bond motifs is 2. The van der Waals surface area contributed by atoms with E-state index in [4.69, 9.17) is 4.74 Å². The van der Waals surface area contributed by atoms with Crippen LogP contribution in [-0.2, 0) is 16.0 Å². The van der Waals surface area contributed by atoms with Gasteiger partial charge in [0.2, 0.25) is 5.91 Å². The highest BCUT2D eigenvalue weighted by atomic mass is 79.9. The summed E-state index contributed by atoms with van der Waals surface area (Å²) in [6, 6.07) is 10.3. The molecule has 0 spiro atoms. The number of anilines is 2. The first-order valence-electron chi connectivity index (χ1n) is 9.62. The second-order valence-corrected chi connectivity index (χ2v) is 8.31. The molecule has 1 amide bonds. The first kappa shape index (κ1) is 20.4. The molecule has 0 saturated carbocycles. The fourth-order valence-corrected chi connectivity index (χ4v) is 4.28. The number of ether oxygens (including phenoxy) is 1. The van der Waals surface area contributed by atoms with Gasteiger partial charge in [0.25, 0.3) is 0 Å². The molecule has 2 N–H and O–H groups in total. The Morgan fingerprint density at radius 3 is 2.87 bits per heavy atom. The predicted octanol–water partition coefficient (Wildman–Crippen LogP) is 4.64. The number of rotatable bonds is 4. The Morgan fingerprint density at radius 1 is 1.30 bits per heavy atom. The normalized spacial score (nSPS) is 15.7. The average molecular weight is 474 g/mol. The van der Waals surface area contributed by atoms with Crippen LogP contribution >= 0.6 is 15.9 Å². The molecule has 4 rings (SSSR count). The maximum absolute atomic E-state index is 13.6. The number of carbonyl (C=O) groups is 2. The van der Waals surface area contributed by atoms with Gasteiger partial charge in [0.1, 0.15) is 11.5 Å². The summed E-state index contributed by atoms with van der Waals surface area (Å²) >= 11 is 3.43. The number of aromatic amines is 1. The fraction of sp³-hybridized carbons (Fsp3) is 0.273. The van der Waals surface area contributed by atoms with Crippen LogP contribution in [-0.4, -0.2) is 36.6 Å². The molecule has 6 nitrogen and oxygen atoms in total. The highest BCUT2D eigenvalue weighted by Gasteiger charge is 2.27. The number of hydrogen-bond acceptors (Lipinski definition) is 4. The minimum Gasteiger partial charge on any atom is -0.464 e. The standard InChI is InChI=1S/C22H21BrFN3O3/c1-12-3-4-13-9-15(24)6-8-18(13)27(12)11-19(28)26-20-16-10-14(23)5-7-17(16)25-21(20)22(29)30-2/h5-10,12,25H,3-4,11H2,1-2H3,(H,26,28)/t12-/m0/s1. The summed E-state index contributed by atoms with van der Waals surface area (Å²) in [7, 11) is 1.29. The molecule has 2 heterocycles. The molecule has 0 aliphatic carbocycles. The Hall–Kier alpha value is -2.87. The fourth-order valence-electron chi connectivity index (χ4n) is 3.92. The highest BCUT2D eigenvalue weighted by Crippen LogP contribution is 2.33. The lowest BCUT2D eigenvalue weighted by molar-refractivity contribution is -0.115. The van der Waals surface area contributed by atoms with Crippen molar-refractivity contribution >= 4 is 50.1 Å². The largest absolute Gasteiger partial charge is 0.464 e. The van der Waals surface area contributed by atoms with Gasteiger partial charge in [-0.25, -0.2) is 9.18 Å². The monoisotopic (exact) mass is 473 g/mol. The van der Waals surface area contributed by atoms with Crippen LogP contribution in [0.1, 0.15) is 29.4 Å². The van der Waals surface area contributed by atoms with E-state index >= 15 is 0 Å². The minimum atomic E-state index is -0.565. The number of benzene rings is 2. The van der Waals surface area contributed by atoms with Crippen LogP contribution in [0.15, 0.2) is 40.9 Å². The van der Waals surface area contributed by atoms with Crippen molar-refractivity contribution in [2.75, 3.05) is 23.9 Å². The first-order valence-corrected chi connectivity index (χ1v) is 10.4. The average Bonchev–Trinajstić information content (AvgIpc) is 3.07. The summed E-state index contributed by atoms with van der Waals surface area (Å²) < 4.78 is 19.3. The van der Waals surface area contributed by atoms with Crippen molar-refractivity contribution in [1.29, 1.82) is 0 Å². The lowest BCUT2D eigenvalue weighted by atomic mass is 9.96. The molecular formula is C22H21BrFN3O3. The topological polar surface area (TPSA) is 74.4 Å².